The first kappa shape index (κ1) is 16.9. The van der Waals surface area contributed by atoms with Gasteiger partial charge in [0.1, 0.15) is 5.69 Å². The second-order valence-electron chi connectivity index (χ2n) is 5.61. The van der Waals surface area contributed by atoms with Gasteiger partial charge in [-0.15, -0.1) is 11.3 Å². The minimum atomic E-state index is -3.50. The van der Waals surface area contributed by atoms with Crippen molar-refractivity contribution < 1.29 is 8.42 Å². The molecular formula is C17H19N3O2S2. The van der Waals surface area contributed by atoms with E-state index in [4.69, 9.17) is 0 Å². The van der Waals surface area contributed by atoms with Crippen molar-refractivity contribution >= 4 is 21.4 Å². The Bertz CT molecular complexity index is 929. The standard InChI is InChI=1S/C17H19N3O2S2/c1-13-5-6-17(14(2)12-13)24(21,22)18-8-10-20-9-7-15(19-20)16-4-3-11-23-16/h3-7,9,11-12,18H,8,10H2,1-2H3. The number of rotatable bonds is 6. The maximum atomic E-state index is 12.4. The van der Waals surface area contributed by atoms with Crippen molar-refractivity contribution in [3.8, 4) is 10.6 Å². The van der Waals surface area contributed by atoms with Crippen LogP contribution >= 0.6 is 11.3 Å². The number of hydrogen-bond acceptors (Lipinski definition) is 4. The molecule has 0 saturated carbocycles. The topological polar surface area (TPSA) is 64.0 Å². The van der Waals surface area contributed by atoms with E-state index in [2.05, 4.69) is 9.82 Å². The van der Waals surface area contributed by atoms with Gasteiger partial charge in [-0.1, -0.05) is 23.8 Å². The van der Waals surface area contributed by atoms with Crippen molar-refractivity contribution in [2.75, 3.05) is 6.54 Å². The number of aromatic nitrogens is 2. The first-order valence-corrected chi connectivity index (χ1v) is 9.96. The molecule has 2 aromatic heterocycles. The largest absolute Gasteiger partial charge is 0.271 e. The number of nitrogens with one attached hydrogen (secondary N) is 1. The highest BCUT2D eigenvalue weighted by Crippen LogP contribution is 2.22. The summed E-state index contributed by atoms with van der Waals surface area (Å²) in [7, 11) is -3.50. The zero-order chi connectivity index (χ0) is 17.2. The van der Waals surface area contributed by atoms with Crippen LogP contribution in [0.4, 0.5) is 0 Å². The van der Waals surface area contributed by atoms with Crippen LogP contribution < -0.4 is 4.72 Å². The third kappa shape index (κ3) is 3.75. The number of benzene rings is 1. The zero-order valence-electron chi connectivity index (χ0n) is 13.6. The Labute approximate surface area is 146 Å². The zero-order valence-corrected chi connectivity index (χ0v) is 15.2. The number of nitrogens with zero attached hydrogens (tertiary/aromatic N) is 2. The van der Waals surface area contributed by atoms with E-state index in [0.717, 1.165) is 21.7 Å². The molecule has 126 valence electrons. The molecule has 0 fully saturated rings. The molecule has 0 aliphatic carbocycles. The molecule has 3 aromatic rings. The maximum absolute atomic E-state index is 12.4. The molecule has 2 heterocycles. The average Bonchev–Trinajstić information content (AvgIpc) is 3.17. The van der Waals surface area contributed by atoms with Gasteiger partial charge >= 0.3 is 0 Å². The number of thiophene rings is 1. The summed E-state index contributed by atoms with van der Waals surface area (Å²) < 4.78 is 29.2. The molecule has 0 amide bonds. The summed E-state index contributed by atoms with van der Waals surface area (Å²) in [6.45, 7) is 4.53. The number of sulfonamides is 1. The Morgan fingerprint density at radius 1 is 1.21 bits per heavy atom. The monoisotopic (exact) mass is 361 g/mol. The van der Waals surface area contributed by atoms with Crippen LogP contribution in [0.25, 0.3) is 10.6 Å². The second-order valence-corrected chi connectivity index (χ2v) is 8.29. The molecule has 5 nitrogen and oxygen atoms in total. The van der Waals surface area contributed by atoms with Crippen LogP contribution in [-0.4, -0.2) is 24.7 Å². The molecule has 24 heavy (non-hydrogen) atoms. The molecule has 0 saturated heterocycles. The van der Waals surface area contributed by atoms with Crippen LogP contribution in [0.15, 0.2) is 52.9 Å². The molecule has 1 N–H and O–H groups in total. The third-order valence-corrected chi connectivity index (χ3v) is 6.18. The first-order valence-electron chi connectivity index (χ1n) is 7.60. The lowest BCUT2D eigenvalue weighted by atomic mass is 10.2. The summed E-state index contributed by atoms with van der Waals surface area (Å²) in [6.07, 6.45) is 1.86. The van der Waals surface area contributed by atoms with E-state index in [1.54, 1.807) is 22.1 Å². The second kappa shape index (κ2) is 6.88. The lowest BCUT2D eigenvalue weighted by Gasteiger charge is -2.10. The van der Waals surface area contributed by atoms with Crippen molar-refractivity contribution in [3.05, 3.63) is 59.1 Å². The molecule has 3 rings (SSSR count). The van der Waals surface area contributed by atoms with E-state index in [1.807, 2.05) is 55.8 Å². The highest BCUT2D eigenvalue weighted by molar-refractivity contribution is 7.89. The van der Waals surface area contributed by atoms with Crippen LogP contribution in [0.1, 0.15) is 11.1 Å². The first-order chi connectivity index (χ1) is 11.5. The fourth-order valence-electron chi connectivity index (χ4n) is 2.52. The molecule has 0 aliphatic heterocycles. The van der Waals surface area contributed by atoms with Gasteiger partial charge in [0.05, 0.1) is 16.3 Å². The van der Waals surface area contributed by atoms with E-state index < -0.39 is 10.0 Å². The summed E-state index contributed by atoms with van der Waals surface area (Å²) in [5.41, 5.74) is 2.70. The van der Waals surface area contributed by atoms with Gasteiger partial charge in [0.25, 0.3) is 0 Å². The molecule has 0 unspecified atom stereocenters. The minimum Gasteiger partial charge on any atom is -0.271 e. The van der Waals surface area contributed by atoms with Crippen molar-refractivity contribution in [1.82, 2.24) is 14.5 Å². The quantitative estimate of drug-likeness (QED) is 0.733. The van der Waals surface area contributed by atoms with Gasteiger partial charge in [0, 0.05) is 12.7 Å². The van der Waals surface area contributed by atoms with Gasteiger partial charge in [0.2, 0.25) is 10.0 Å². The maximum Gasteiger partial charge on any atom is 0.240 e. The average molecular weight is 361 g/mol. The highest BCUT2D eigenvalue weighted by atomic mass is 32.2. The Morgan fingerprint density at radius 3 is 2.75 bits per heavy atom. The van der Waals surface area contributed by atoms with E-state index in [-0.39, 0.29) is 0 Å². The fraction of sp³-hybridized carbons (Fsp3) is 0.235. The molecule has 0 bridgehead atoms. The summed E-state index contributed by atoms with van der Waals surface area (Å²) in [4.78, 5) is 1.43. The van der Waals surface area contributed by atoms with Crippen LogP contribution in [0, 0.1) is 13.8 Å². The summed E-state index contributed by atoms with van der Waals surface area (Å²) in [5.74, 6) is 0. The summed E-state index contributed by atoms with van der Waals surface area (Å²) >= 11 is 1.63. The third-order valence-electron chi connectivity index (χ3n) is 3.67. The van der Waals surface area contributed by atoms with E-state index >= 15 is 0 Å². The smallest absolute Gasteiger partial charge is 0.240 e. The molecule has 0 radical (unpaired) electrons. The van der Waals surface area contributed by atoms with Crippen molar-refractivity contribution in [2.24, 2.45) is 0 Å². The van der Waals surface area contributed by atoms with E-state index in [1.165, 1.54) is 0 Å². The van der Waals surface area contributed by atoms with Gasteiger partial charge in [-0.3, -0.25) is 4.68 Å². The van der Waals surface area contributed by atoms with Gasteiger partial charge in [0.15, 0.2) is 0 Å². The molecular weight excluding hydrogens is 342 g/mol. The SMILES string of the molecule is Cc1ccc(S(=O)(=O)NCCn2ccc(-c3cccs3)n2)c(C)c1. The Morgan fingerprint density at radius 2 is 2.04 bits per heavy atom. The lowest BCUT2D eigenvalue weighted by Crippen LogP contribution is -2.28. The molecule has 0 atom stereocenters. The minimum absolute atomic E-state index is 0.293. The van der Waals surface area contributed by atoms with Crippen molar-refractivity contribution in [2.45, 2.75) is 25.3 Å². The van der Waals surface area contributed by atoms with Gasteiger partial charge in [-0.05, 0) is 43.0 Å². The summed E-state index contributed by atoms with van der Waals surface area (Å²) in [6, 6.07) is 11.3. The van der Waals surface area contributed by atoms with Crippen LogP contribution in [0.5, 0.6) is 0 Å². The van der Waals surface area contributed by atoms with Crippen LogP contribution in [0.2, 0.25) is 0 Å². The van der Waals surface area contributed by atoms with Gasteiger partial charge in [-0.2, -0.15) is 5.10 Å². The fourth-order valence-corrected chi connectivity index (χ4v) is 4.45. The summed E-state index contributed by atoms with van der Waals surface area (Å²) in [5, 5.41) is 6.47. The van der Waals surface area contributed by atoms with Crippen molar-refractivity contribution in [1.29, 1.82) is 0 Å². The molecule has 0 aliphatic rings. The normalized spacial score (nSPS) is 11.8. The number of hydrogen-bond donors (Lipinski definition) is 1. The molecule has 7 heteroatoms. The predicted molar refractivity (Wildman–Crippen MR) is 96.6 cm³/mol. The van der Waals surface area contributed by atoms with Crippen LogP contribution in [0.3, 0.4) is 0 Å². The van der Waals surface area contributed by atoms with Gasteiger partial charge < -0.3 is 0 Å². The highest BCUT2D eigenvalue weighted by Gasteiger charge is 2.16. The molecule has 1 aromatic carbocycles. The van der Waals surface area contributed by atoms with E-state index in [0.29, 0.717) is 18.0 Å². The number of aryl methyl sites for hydroxylation is 2. The van der Waals surface area contributed by atoms with Crippen molar-refractivity contribution in [3.63, 3.8) is 0 Å². The van der Waals surface area contributed by atoms with Gasteiger partial charge in [-0.25, -0.2) is 13.1 Å². The predicted octanol–water partition coefficient (Wildman–Crippen LogP) is 3.21. The molecule has 0 spiro atoms. The Kier molecular flexibility index (Phi) is 4.84. The lowest BCUT2D eigenvalue weighted by molar-refractivity contribution is 0.561. The Hall–Kier alpha value is -1.96. The van der Waals surface area contributed by atoms with Crippen LogP contribution in [-0.2, 0) is 16.6 Å². The Balaban J connectivity index is 1.63. The van der Waals surface area contributed by atoms with E-state index in [9.17, 15) is 8.42 Å².